The number of hydrazone groups is 1. The van der Waals surface area contributed by atoms with Crippen molar-refractivity contribution in [2.75, 3.05) is 12.0 Å². The van der Waals surface area contributed by atoms with E-state index < -0.39 is 16.0 Å². The third kappa shape index (κ3) is 5.55. The van der Waals surface area contributed by atoms with Crippen LogP contribution in [0.2, 0.25) is 5.02 Å². The molecule has 0 aromatic heterocycles. The summed E-state index contributed by atoms with van der Waals surface area (Å²) >= 11 is 6.05. The molecule has 0 fully saturated rings. The van der Waals surface area contributed by atoms with Crippen molar-refractivity contribution in [1.29, 1.82) is 0 Å². The highest BCUT2D eigenvalue weighted by Crippen LogP contribution is 2.20. The lowest BCUT2D eigenvalue weighted by atomic mass is 10.1. The zero-order valence-electron chi connectivity index (χ0n) is 13.9. The van der Waals surface area contributed by atoms with Gasteiger partial charge in [-0.15, -0.1) is 0 Å². The summed E-state index contributed by atoms with van der Waals surface area (Å²) < 4.78 is 26.7. The number of carboxylic acids is 1. The molecule has 0 saturated carbocycles. The first-order valence-corrected chi connectivity index (χ1v) is 9.52. The van der Waals surface area contributed by atoms with E-state index in [-0.39, 0.29) is 17.9 Å². The second kappa shape index (κ2) is 8.79. The highest BCUT2D eigenvalue weighted by atomic mass is 35.5. The standard InChI is InChI=1S/C17H18ClN3O4S/c1-12(20-21-16-8-3-2-7-15(16)18)13-5-4-6-14(11-13)26(24,25)19-10-9-17(22)23/h2-8,11,19,21H,9-10H2,1H3,(H,22,23)/b20-12-. The van der Waals surface area contributed by atoms with Gasteiger partial charge in [-0.2, -0.15) is 5.10 Å². The minimum absolute atomic E-state index is 0.0349. The number of sulfonamides is 1. The number of carboxylic acid groups (broad SMARTS) is 1. The van der Waals surface area contributed by atoms with Gasteiger partial charge in [0, 0.05) is 6.54 Å². The molecule has 0 bridgehead atoms. The van der Waals surface area contributed by atoms with Gasteiger partial charge in [0.15, 0.2) is 0 Å². The normalized spacial score (nSPS) is 12.0. The lowest BCUT2D eigenvalue weighted by Gasteiger charge is -2.08. The SMILES string of the molecule is C/C(=N/Nc1ccccc1Cl)c1cccc(S(=O)(=O)NCCC(=O)O)c1. The summed E-state index contributed by atoms with van der Waals surface area (Å²) in [6.07, 6.45) is -0.291. The first kappa shape index (κ1) is 19.9. The minimum atomic E-state index is -3.80. The molecular formula is C17H18ClN3O4S. The first-order valence-electron chi connectivity index (χ1n) is 7.66. The molecule has 0 aliphatic rings. The summed E-state index contributed by atoms with van der Waals surface area (Å²) in [6.45, 7) is 1.55. The van der Waals surface area contributed by atoms with Crippen LogP contribution in [0.3, 0.4) is 0 Å². The zero-order valence-corrected chi connectivity index (χ0v) is 15.5. The van der Waals surface area contributed by atoms with Crippen molar-refractivity contribution >= 4 is 39.0 Å². The highest BCUT2D eigenvalue weighted by Gasteiger charge is 2.15. The predicted molar refractivity (Wildman–Crippen MR) is 101 cm³/mol. The van der Waals surface area contributed by atoms with Gasteiger partial charge in [0.25, 0.3) is 0 Å². The fourth-order valence-corrected chi connectivity index (χ4v) is 3.28. The molecule has 3 N–H and O–H groups in total. The Labute approximate surface area is 156 Å². The fourth-order valence-electron chi connectivity index (χ4n) is 2.02. The molecule has 138 valence electrons. The Morgan fingerprint density at radius 2 is 1.92 bits per heavy atom. The molecule has 7 nitrogen and oxygen atoms in total. The number of rotatable bonds is 8. The fraction of sp³-hybridized carbons (Fsp3) is 0.176. The lowest BCUT2D eigenvalue weighted by molar-refractivity contribution is -0.136. The van der Waals surface area contributed by atoms with Gasteiger partial charge < -0.3 is 5.11 Å². The second-order valence-corrected chi connectivity index (χ2v) is 7.53. The van der Waals surface area contributed by atoms with E-state index in [1.807, 2.05) is 6.07 Å². The van der Waals surface area contributed by atoms with E-state index in [2.05, 4.69) is 15.2 Å². The Kier molecular flexibility index (Phi) is 6.73. The monoisotopic (exact) mass is 395 g/mol. The molecule has 2 rings (SSSR count). The summed E-state index contributed by atoms with van der Waals surface area (Å²) in [5.74, 6) is -1.07. The molecule has 26 heavy (non-hydrogen) atoms. The molecule has 9 heteroatoms. The maximum atomic E-state index is 12.2. The van der Waals surface area contributed by atoms with Crippen LogP contribution in [0.1, 0.15) is 18.9 Å². The third-order valence-electron chi connectivity index (χ3n) is 3.41. The van der Waals surface area contributed by atoms with Crippen molar-refractivity contribution in [2.24, 2.45) is 5.10 Å². The molecule has 0 saturated heterocycles. The van der Waals surface area contributed by atoms with E-state index in [0.29, 0.717) is 22.0 Å². The smallest absolute Gasteiger partial charge is 0.304 e. The van der Waals surface area contributed by atoms with Crippen molar-refractivity contribution in [2.45, 2.75) is 18.2 Å². The minimum Gasteiger partial charge on any atom is -0.481 e. The van der Waals surface area contributed by atoms with Crippen molar-refractivity contribution in [3.8, 4) is 0 Å². The molecule has 0 spiro atoms. The quantitative estimate of drug-likeness (QED) is 0.470. The van der Waals surface area contributed by atoms with Crippen LogP contribution in [0.25, 0.3) is 0 Å². The Morgan fingerprint density at radius 1 is 1.19 bits per heavy atom. The van der Waals surface area contributed by atoms with E-state index in [1.54, 1.807) is 37.3 Å². The van der Waals surface area contributed by atoms with Gasteiger partial charge in [0.1, 0.15) is 0 Å². The third-order valence-corrected chi connectivity index (χ3v) is 5.20. The Hall–Kier alpha value is -2.42. The average Bonchev–Trinajstić information content (AvgIpc) is 2.60. The number of nitrogens with one attached hydrogen (secondary N) is 2. The highest BCUT2D eigenvalue weighted by molar-refractivity contribution is 7.89. The lowest BCUT2D eigenvalue weighted by Crippen LogP contribution is -2.26. The van der Waals surface area contributed by atoms with Gasteiger partial charge in [0.2, 0.25) is 10.0 Å². The molecule has 0 aliphatic heterocycles. The van der Waals surface area contributed by atoms with Gasteiger partial charge in [-0.1, -0.05) is 35.9 Å². The summed E-state index contributed by atoms with van der Waals surface area (Å²) in [5.41, 5.74) is 4.64. The van der Waals surface area contributed by atoms with Crippen molar-refractivity contribution in [3.05, 3.63) is 59.1 Å². The number of halogens is 1. The predicted octanol–water partition coefficient (Wildman–Crippen LogP) is 2.93. The van der Waals surface area contributed by atoms with E-state index in [9.17, 15) is 13.2 Å². The zero-order chi connectivity index (χ0) is 19.2. The number of anilines is 1. The maximum Gasteiger partial charge on any atom is 0.304 e. The summed E-state index contributed by atoms with van der Waals surface area (Å²) in [6, 6.07) is 13.3. The average molecular weight is 396 g/mol. The maximum absolute atomic E-state index is 12.2. The molecule has 2 aromatic rings. The molecule has 0 heterocycles. The van der Waals surface area contributed by atoms with Gasteiger partial charge in [-0.05, 0) is 36.8 Å². The number of carbonyl (C=O) groups is 1. The topological polar surface area (TPSA) is 108 Å². The number of hydrogen-bond acceptors (Lipinski definition) is 5. The van der Waals surface area contributed by atoms with Crippen LogP contribution in [-0.2, 0) is 14.8 Å². The number of aliphatic carboxylic acids is 1. The molecule has 0 amide bonds. The second-order valence-electron chi connectivity index (χ2n) is 5.36. The van der Waals surface area contributed by atoms with Gasteiger partial charge in [-0.3, -0.25) is 10.2 Å². The van der Waals surface area contributed by atoms with Crippen LogP contribution in [0.4, 0.5) is 5.69 Å². The van der Waals surface area contributed by atoms with Crippen LogP contribution in [0.5, 0.6) is 0 Å². The van der Waals surface area contributed by atoms with Crippen LogP contribution in [0, 0.1) is 0 Å². The first-order chi connectivity index (χ1) is 12.3. The number of benzene rings is 2. The molecule has 0 radical (unpaired) electrons. The van der Waals surface area contributed by atoms with E-state index in [0.717, 1.165) is 0 Å². The molecule has 0 unspecified atom stereocenters. The van der Waals surface area contributed by atoms with E-state index in [4.69, 9.17) is 16.7 Å². The van der Waals surface area contributed by atoms with Crippen molar-refractivity contribution in [3.63, 3.8) is 0 Å². The van der Waals surface area contributed by atoms with Gasteiger partial charge in [0.05, 0.1) is 27.7 Å². The van der Waals surface area contributed by atoms with Crippen LogP contribution in [0.15, 0.2) is 58.5 Å². The Bertz CT molecular complexity index is 929. The number of hydrogen-bond donors (Lipinski definition) is 3. The van der Waals surface area contributed by atoms with E-state index in [1.165, 1.54) is 12.1 Å². The molecule has 0 aliphatic carbocycles. The van der Waals surface area contributed by atoms with Crippen molar-refractivity contribution in [1.82, 2.24) is 4.72 Å². The Morgan fingerprint density at radius 3 is 2.62 bits per heavy atom. The summed E-state index contributed by atoms with van der Waals surface area (Å²) in [4.78, 5) is 10.5. The largest absolute Gasteiger partial charge is 0.481 e. The van der Waals surface area contributed by atoms with Crippen LogP contribution >= 0.6 is 11.6 Å². The van der Waals surface area contributed by atoms with Crippen LogP contribution < -0.4 is 10.1 Å². The molecule has 0 atom stereocenters. The van der Waals surface area contributed by atoms with Gasteiger partial charge in [-0.25, -0.2) is 13.1 Å². The summed E-state index contributed by atoms with van der Waals surface area (Å²) in [5, 5.41) is 13.3. The van der Waals surface area contributed by atoms with Gasteiger partial charge >= 0.3 is 5.97 Å². The van der Waals surface area contributed by atoms with Crippen molar-refractivity contribution < 1.29 is 18.3 Å². The number of para-hydroxylation sites is 1. The molecular weight excluding hydrogens is 378 g/mol. The molecule has 2 aromatic carbocycles. The van der Waals surface area contributed by atoms with Crippen LogP contribution in [-0.4, -0.2) is 31.8 Å². The Balaban J connectivity index is 2.16. The van der Waals surface area contributed by atoms with E-state index >= 15 is 0 Å². The number of nitrogens with zero attached hydrogens (tertiary/aromatic N) is 1. The summed E-state index contributed by atoms with van der Waals surface area (Å²) in [7, 11) is -3.80.